The Morgan fingerprint density at radius 1 is 1.18 bits per heavy atom. The van der Waals surface area contributed by atoms with Gasteiger partial charge in [0.2, 0.25) is 11.3 Å². The van der Waals surface area contributed by atoms with Gasteiger partial charge in [-0.2, -0.15) is 13.2 Å². The van der Waals surface area contributed by atoms with E-state index in [-0.39, 0.29) is 28.4 Å². The summed E-state index contributed by atoms with van der Waals surface area (Å²) in [7, 11) is 0. The highest BCUT2D eigenvalue weighted by Gasteiger charge is 2.39. The van der Waals surface area contributed by atoms with Gasteiger partial charge in [0.05, 0.1) is 11.1 Å². The fourth-order valence-electron chi connectivity index (χ4n) is 3.57. The van der Waals surface area contributed by atoms with Crippen molar-refractivity contribution in [1.29, 1.82) is 0 Å². The summed E-state index contributed by atoms with van der Waals surface area (Å²) < 4.78 is 68.5. The second kappa shape index (κ2) is 8.50. The molecule has 0 saturated carbocycles. The van der Waals surface area contributed by atoms with Crippen LogP contribution in [0.2, 0.25) is 0 Å². The molecule has 0 radical (unpaired) electrons. The number of amides is 2. The Morgan fingerprint density at radius 2 is 1.91 bits per heavy atom. The molecule has 1 fully saturated rings. The quantitative estimate of drug-likeness (QED) is 0.448. The molecule has 3 aromatic rings. The van der Waals surface area contributed by atoms with Gasteiger partial charge in [0.15, 0.2) is 5.65 Å². The maximum Gasteiger partial charge on any atom is 0.408 e. The Kier molecular flexibility index (Phi) is 5.84. The van der Waals surface area contributed by atoms with E-state index in [1.165, 1.54) is 24.0 Å². The molecule has 2 amide bonds. The first-order valence-electron chi connectivity index (χ1n) is 10.2. The zero-order valence-electron chi connectivity index (χ0n) is 17.6. The normalized spacial score (nSPS) is 14.8. The van der Waals surface area contributed by atoms with Crippen molar-refractivity contribution in [3.63, 3.8) is 0 Å². The summed E-state index contributed by atoms with van der Waals surface area (Å²) in [5.41, 5.74) is -2.08. The standard InChI is InChI=1S/C22H17F5N4O3/c1-2-16(22(25,26)27)28-21(34)13-10-31(15-5-3-11(23)9-14(15)24)20-12(19(13)33)4-6-17(29-20)30-8-7-18(30)32/h3-6,9-10,16H,2,7-8H2,1H3,(H,28,34). The van der Waals surface area contributed by atoms with Gasteiger partial charge in [0.25, 0.3) is 5.91 Å². The molecular weight excluding hydrogens is 463 g/mol. The number of anilines is 1. The molecule has 12 heteroatoms. The molecule has 0 bridgehead atoms. The van der Waals surface area contributed by atoms with Crippen LogP contribution < -0.4 is 15.6 Å². The molecular formula is C22H17F5N4O3. The zero-order chi connectivity index (χ0) is 24.8. The van der Waals surface area contributed by atoms with E-state index < -0.39 is 47.2 Å². The van der Waals surface area contributed by atoms with Gasteiger partial charge in [-0.05, 0) is 30.7 Å². The fourth-order valence-corrected chi connectivity index (χ4v) is 3.57. The number of rotatable bonds is 5. The molecule has 2 aromatic heterocycles. The number of β-lactam (4-membered cyclic amide) rings is 1. The summed E-state index contributed by atoms with van der Waals surface area (Å²) in [4.78, 5) is 43.1. The smallest absolute Gasteiger partial charge is 0.340 e. The van der Waals surface area contributed by atoms with E-state index in [1.54, 1.807) is 5.32 Å². The minimum absolute atomic E-state index is 0.160. The van der Waals surface area contributed by atoms with Crippen LogP contribution in [0.3, 0.4) is 0 Å². The average molecular weight is 480 g/mol. The first kappa shape index (κ1) is 23.3. The fraction of sp³-hybridized carbons (Fsp3) is 0.273. The molecule has 0 spiro atoms. The molecule has 34 heavy (non-hydrogen) atoms. The third-order valence-electron chi connectivity index (χ3n) is 5.49. The molecule has 1 unspecified atom stereocenters. The van der Waals surface area contributed by atoms with Crippen LogP contribution in [0.25, 0.3) is 16.7 Å². The van der Waals surface area contributed by atoms with E-state index in [1.807, 2.05) is 0 Å². The van der Waals surface area contributed by atoms with Gasteiger partial charge in [0.1, 0.15) is 29.1 Å². The Morgan fingerprint density at radius 3 is 2.47 bits per heavy atom. The van der Waals surface area contributed by atoms with Crippen LogP contribution in [0.5, 0.6) is 0 Å². The number of fused-ring (bicyclic) bond motifs is 1. The second-order valence-electron chi connectivity index (χ2n) is 7.65. The number of hydrogen-bond acceptors (Lipinski definition) is 4. The van der Waals surface area contributed by atoms with Crippen molar-refractivity contribution in [3.8, 4) is 5.69 Å². The molecule has 4 rings (SSSR count). The number of carbonyl (C=O) groups is 2. The lowest BCUT2D eigenvalue weighted by molar-refractivity contribution is -0.153. The van der Waals surface area contributed by atoms with Crippen molar-refractivity contribution >= 4 is 28.7 Å². The van der Waals surface area contributed by atoms with Crippen LogP contribution in [0.15, 0.2) is 41.3 Å². The summed E-state index contributed by atoms with van der Waals surface area (Å²) >= 11 is 0. The highest BCUT2D eigenvalue weighted by Crippen LogP contribution is 2.26. The van der Waals surface area contributed by atoms with Crippen molar-refractivity contribution < 1.29 is 31.5 Å². The number of pyridine rings is 2. The summed E-state index contributed by atoms with van der Waals surface area (Å²) in [5, 5.41) is 1.58. The molecule has 1 saturated heterocycles. The van der Waals surface area contributed by atoms with E-state index in [0.717, 1.165) is 22.9 Å². The molecule has 1 N–H and O–H groups in total. The number of nitrogens with zero attached hydrogens (tertiary/aromatic N) is 3. The van der Waals surface area contributed by atoms with Gasteiger partial charge in [-0.3, -0.25) is 23.9 Å². The predicted molar refractivity (Wildman–Crippen MR) is 112 cm³/mol. The van der Waals surface area contributed by atoms with Crippen molar-refractivity contribution in [2.75, 3.05) is 11.4 Å². The number of aromatic nitrogens is 2. The van der Waals surface area contributed by atoms with Gasteiger partial charge in [0, 0.05) is 25.2 Å². The van der Waals surface area contributed by atoms with E-state index in [2.05, 4.69) is 4.98 Å². The van der Waals surface area contributed by atoms with Gasteiger partial charge < -0.3 is 5.32 Å². The molecule has 1 atom stereocenters. The summed E-state index contributed by atoms with van der Waals surface area (Å²) in [5.74, 6) is -3.32. The highest BCUT2D eigenvalue weighted by atomic mass is 19.4. The van der Waals surface area contributed by atoms with Crippen molar-refractivity contribution in [1.82, 2.24) is 14.9 Å². The number of benzene rings is 1. The third kappa shape index (κ3) is 4.11. The third-order valence-corrected chi connectivity index (χ3v) is 5.49. The zero-order valence-corrected chi connectivity index (χ0v) is 17.6. The minimum atomic E-state index is -4.75. The maximum atomic E-state index is 14.6. The van der Waals surface area contributed by atoms with Gasteiger partial charge in [-0.25, -0.2) is 13.8 Å². The summed E-state index contributed by atoms with van der Waals surface area (Å²) in [6.45, 7) is 1.59. The topological polar surface area (TPSA) is 84.3 Å². The predicted octanol–water partition coefficient (Wildman–Crippen LogP) is 3.47. The maximum absolute atomic E-state index is 14.6. The van der Waals surface area contributed by atoms with Crippen LogP contribution in [0.1, 0.15) is 30.1 Å². The monoisotopic (exact) mass is 480 g/mol. The summed E-state index contributed by atoms with van der Waals surface area (Å²) in [6, 6.07) is 2.92. The van der Waals surface area contributed by atoms with Crippen LogP contribution >= 0.6 is 0 Å². The first-order chi connectivity index (χ1) is 16.0. The lowest BCUT2D eigenvalue weighted by Gasteiger charge is -2.29. The molecule has 1 aliphatic rings. The number of carbonyl (C=O) groups excluding carboxylic acids is 2. The summed E-state index contributed by atoms with van der Waals surface area (Å²) in [6.07, 6.45) is -4.06. The SMILES string of the molecule is CCC(NC(=O)c1cn(-c2ccc(F)cc2F)c2nc(N3CCC3=O)ccc2c1=O)C(F)(F)F. The van der Waals surface area contributed by atoms with E-state index >= 15 is 0 Å². The van der Waals surface area contributed by atoms with Gasteiger partial charge in [-0.1, -0.05) is 6.92 Å². The lowest BCUT2D eigenvalue weighted by atomic mass is 10.1. The Balaban J connectivity index is 1.92. The largest absolute Gasteiger partial charge is 0.408 e. The van der Waals surface area contributed by atoms with Gasteiger partial charge in [-0.15, -0.1) is 0 Å². The minimum Gasteiger partial charge on any atom is -0.340 e. The van der Waals surface area contributed by atoms with E-state index in [4.69, 9.17) is 0 Å². The first-order valence-corrected chi connectivity index (χ1v) is 10.2. The van der Waals surface area contributed by atoms with Crippen LogP contribution in [-0.2, 0) is 4.79 Å². The number of alkyl halides is 3. The van der Waals surface area contributed by atoms with Crippen LogP contribution in [-0.4, -0.2) is 40.1 Å². The van der Waals surface area contributed by atoms with Crippen molar-refractivity contribution in [2.24, 2.45) is 0 Å². The highest BCUT2D eigenvalue weighted by molar-refractivity contribution is 6.00. The van der Waals surface area contributed by atoms with Crippen molar-refractivity contribution in [3.05, 3.63) is 63.9 Å². The number of hydrogen-bond donors (Lipinski definition) is 1. The van der Waals surface area contributed by atoms with E-state index in [0.29, 0.717) is 19.0 Å². The van der Waals surface area contributed by atoms with E-state index in [9.17, 15) is 36.3 Å². The molecule has 0 aliphatic carbocycles. The molecule has 1 aromatic carbocycles. The second-order valence-corrected chi connectivity index (χ2v) is 7.65. The Bertz CT molecular complexity index is 1370. The van der Waals surface area contributed by atoms with Crippen molar-refractivity contribution in [2.45, 2.75) is 32.0 Å². The molecule has 1 aliphatic heterocycles. The van der Waals surface area contributed by atoms with Gasteiger partial charge >= 0.3 is 6.18 Å². The lowest BCUT2D eigenvalue weighted by Crippen LogP contribution is -2.46. The van der Waals surface area contributed by atoms with Crippen LogP contribution in [0.4, 0.5) is 27.8 Å². The number of nitrogens with one attached hydrogen (secondary N) is 1. The Labute approximate surface area is 188 Å². The Hall–Kier alpha value is -3.83. The number of halogens is 5. The average Bonchev–Trinajstić information content (AvgIpc) is 2.76. The molecule has 178 valence electrons. The van der Waals surface area contributed by atoms with Crippen LogP contribution in [0, 0.1) is 11.6 Å². The molecule has 7 nitrogen and oxygen atoms in total. The molecule has 3 heterocycles.